The van der Waals surface area contributed by atoms with Crippen LogP contribution in [0, 0.1) is 11.6 Å². The normalized spacial score (nSPS) is 17.6. The first kappa shape index (κ1) is 30.7. The molecule has 6 rings (SSSR count). The summed E-state index contributed by atoms with van der Waals surface area (Å²) in [5, 5.41) is 14.0. The number of hydrogen-bond donors (Lipinski definition) is 2. The number of carbonyl (C=O) groups is 1. The summed E-state index contributed by atoms with van der Waals surface area (Å²) in [7, 11) is -4.01. The number of rotatable bonds is 7. The van der Waals surface area contributed by atoms with Crippen molar-refractivity contribution in [2.24, 2.45) is 0 Å². The van der Waals surface area contributed by atoms with Crippen molar-refractivity contribution >= 4 is 39.3 Å². The summed E-state index contributed by atoms with van der Waals surface area (Å²) < 4.78 is 62.7. The summed E-state index contributed by atoms with van der Waals surface area (Å²) in [5.74, 6) is -1.45. The van der Waals surface area contributed by atoms with Gasteiger partial charge in [0.25, 0.3) is 0 Å². The van der Waals surface area contributed by atoms with Crippen molar-refractivity contribution in [3.8, 4) is 28.1 Å². The number of pyridine rings is 1. The highest BCUT2D eigenvalue weighted by atomic mass is 35.5. The average Bonchev–Trinajstić information content (AvgIpc) is 3.71. The molecule has 4 aromatic rings. The molecule has 2 saturated heterocycles. The van der Waals surface area contributed by atoms with E-state index < -0.39 is 27.9 Å². The van der Waals surface area contributed by atoms with E-state index in [1.165, 1.54) is 38.3 Å². The van der Waals surface area contributed by atoms with Crippen LogP contribution in [0.1, 0.15) is 19.8 Å². The molecule has 1 unspecified atom stereocenters. The second-order valence-electron chi connectivity index (χ2n) is 11.0. The SMILES string of the molecule is CC1CN(C(=O)O)CCN1c1ccc(-n2cc(-c3cc(Cl)cc(NS(=O)(=O)N4CCCC4)c3F)c(-c3ccncc3)n2)c(F)c1. The Morgan fingerprint density at radius 1 is 1.02 bits per heavy atom. The summed E-state index contributed by atoms with van der Waals surface area (Å²) in [4.78, 5) is 18.7. The van der Waals surface area contributed by atoms with Crippen molar-refractivity contribution in [3.05, 3.63) is 77.7 Å². The quantitative estimate of drug-likeness (QED) is 0.270. The highest BCUT2D eigenvalue weighted by Crippen LogP contribution is 2.38. The van der Waals surface area contributed by atoms with E-state index in [4.69, 9.17) is 11.6 Å². The number of anilines is 2. The number of amides is 1. The van der Waals surface area contributed by atoms with Crippen LogP contribution in [0.5, 0.6) is 0 Å². The first-order valence-electron chi connectivity index (χ1n) is 14.3. The lowest BCUT2D eigenvalue weighted by Crippen LogP contribution is -2.53. The maximum Gasteiger partial charge on any atom is 0.407 e. The van der Waals surface area contributed by atoms with Gasteiger partial charge < -0.3 is 14.9 Å². The minimum Gasteiger partial charge on any atom is -0.465 e. The first-order chi connectivity index (χ1) is 21.5. The van der Waals surface area contributed by atoms with Gasteiger partial charge in [-0.3, -0.25) is 9.71 Å². The lowest BCUT2D eigenvalue weighted by atomic mass is 10.0. The Hall–Kier alpha value is -4.27. The Balaban J connectivity index is 1.39. The summed E-state index contributed by atoms with van der Waals surface area (Å²) in [5.41, 5.74) is 1.46. The molecule has 2 aromatic carbocycles. The topological polar surface area (TPSA) is 124 Å². The first-order valence-corrected chi connectivity index (χ1v) is 16.2. The molecule has 0 bridgehead atoms. The molecule has 2 aliphatic rings. The predicted molar refractivity (Wildman–Crippen MR) is 167 cm³/mol. The van der Waals surface area contributed by atoms with Crippen LogP contribution >= 0.6 is 11.6 Å². The van der Waals surface area contributed by atoms with Gasteiger partial charge >= 0.3 is 16.3 Å². The van der Waals surface area contributed by atoms with Crippen molar-refractivity contribution in [2.45, 2.75) is 25.8 Å². The molecular weight excluding hydrogens is 628 g/mol. The number of piperazine rings is 1. The van der Waals surface area contributed by atoms with Gasteiger partial charge in [-0.05, 0) is 62.2 Å². The standard InChI is InChI=1S/C30H30ClF2N7O4S/c1-19-17-37(30(41)42)12-13-39(19)22-4-5-27(25(32)16-22)40-18-24(29(35-40)20-6-8-34-9-7-20)23-14-21(31)15-26(28(23)33)36-45(43,44)38-10-2-3-11-38/h4-9,14-16,18-19,36H,2-3,10-13,17H2,1H3,(H,41,42). The van der Waals surface area contributed by atoms with Crippen molar-refractivity contribution in [3.63, 3.8) is 0 Å². The smallest absolute Gasteiger partial charge is 0.407 e. The minimum absolute atomic E-state index is 0.0261. The molecule has 236 valence electrons. The van der Waals surface area contributed by atoms with Gasteiger partial charge in [0, 0.05) is 84.8 Å². The predicted octanol–water partition coefficient (Wildman–Crippen LogP) is 5.47. The van der Waals surface area contributed by atoms with Crippen LogP contribution in [-0.2, 0) is 10.2 Å². The fraction of sp³-hybridized carbons (Fsp3) is 0.300. The lowest BCUT2D eigenvalue weighted by Gasteiger charge is -2.40. The van der Waals surface area contributed by atoms with E-state index in [2.05, 4.69) is 14.8 Å². The van der Waals surface area contributed by atoms with E-state index in [1.54, 1.807) is 36.7 Å². The van der Waals surface area contributed by atoms with E-state index in [0.29, 0.717) is 43.1 Å². The molecule has 1 atom stereocenters. The summed E-state index contributed by atoms with van der Waals surface area (Å²) in [6.45, 7) is 3.54. The number of hydrogen-bond acceptors (Lipinski definition) is 6. The van der Waals surface area contributed by atoms with Gasteiger partial charge in [0.15, 0.2) is 11.6 Å². The zero-order valence-electron chi connectivity index (χ0n) is 24.2. The molecule has 2 fully saturated rings. The molecule has 2 aromatic heterocycles. The number of halogens is 3. The van der Waals surface area contributed by atoms with Crippen molar-refractivity contribution < 1.29 is 27.1 Å². The minimum atomic E-state index is -4.01. The van der Waals surface area contributed by atoms with Gasteiger partial charge in [0.05, 0.1) is 5.69 Å². The molecule has 2 N–H and O–H groups in total. The molecule has 0 radical (unpaired) electrons. The zero-order valence-corrected chi connectivity index (χ0v) is 25.8. The second-order valence-corrected chi connectivity index (χ2v) is 13.1. The monoisotopic (exact) mass is 657 g/mol. The van der Waals surface area contributed by atoms with E-state index in [1.807, 2.05) is 11.8 Å². The lowest BCUT2D eigenvalue weighted by molar-refractivity contribution is 0.136. The van der Waals surface area contributed by atoms with Gasteiger partial charge in [0.1, 0.15) is 11.4 Å². The number of nitrogens with zero attached hydrogens (tertiary/aromatic N) is 6. The Morgan fingerprint density at radius 2 is 1.76 bits per heavy atom. The number of aromatic nitrogens is 3. The van der Waals surface area contributed by atoms with E-state index in [-0.39, 0.29) is 40.1 Å². The highest BCUT2D eigenvalue weighted by Gasteiger charge is 2.29. The summed E-state index contributed by atoms with van der Waals surface area (Å²) in [6, 6.07) is 10.4. The van der Waals surface area contributed by atoms with Crippen LogP contribution in [0.25, 0.3) is 28.1 Å². The summed E-state index contributed by atoms with van der Waals surface area (Å²) >= 11 is 6.38. The number of benzene rings is 2. The average molecular weight is 658 g/mol. The largest absolute Gasteiger partial charge is 0.465 e. The molecule has 0 aliphatic carbocycles. The van der Waals surface area contributed by atoms with Gasteiger partial charge in [-0.1, -0.05) is 11.6 Å². The van der Waals surface area contributed by atoms with Crippen LogP contribution < -0.4 is 9.62 Å². The van der Waals surface area contributed by atoms with E-state index in [9.17, 15) is 18.3 Å². The molecule has 0 saturated carbocycles. The highest BCUT2D eigenvalue weighted by molar-refractivity contribution is 7.90. The Morgan fingerprint density at radius 3 is 2.42 bits per heavy atom. The van der Waals surface area contributed by atoms with Crippen molar-refractivity contribution in [2.75, 3.05) is 42.3 Å². The maximum absolute atomic E-state index is 16.1. The second kappa shape index (κ2) is 12.3. The van der Waals surface area contributed by atoms with Crippen LogP contribution in [0.3, 0.4) is 0 Å². The third-order valence-corrected chi connectivity index (χ3v) is 9.79. The molecule has 15 heteroatoms. The summed E-state index contributed by atoms with van der Waals surface area (Å²) in [6.07, 6.45) is 5.00. The third-order valence-electron chi connectivity index (χ3n) is 8.05. The van der Waals surface area contributed by atoms with Gasteiger partial charge in [-0.25, -0.2) is 18.3 Å². The Bertz CT molecular complexity index is 1850. The number of nitrogens with one attached hydrogen (secondary N) is 1. The molecule has 0 spiro atoms. The van der Waals surface area contributed by atoms with E-state index >= 15 is 8.78 Å². The Kier molecular flexibility index (Phi) is 8.37. The van der Waals surface area contributed by atoms with Gasteiger partial charge in [-0.2, -0.15) is 17.8 Å². The Labute approximate surface area is 263 Å². The van der Waals surface area contributed by atoms with Crippen LogP contribution in [-0.4, -0.2) is 82.4 Å². The van der Waals surface area contributed by atoms with Gasteiger partial charge in [0.2, 0.25) is 0 Å². The van der Waals surface area contributed by atoms with Crippen molar-refractivity contribution in [1.82, 2.24) is 24.0 Å². The third kappa shape index (κ3) is 6.17. The fourth-order valence-electron chi connectivity index (χ4n) is 5.78. The molecule has 1 amide bonds. The van der Waals surface area contributed by atoms with Crippen LogP contribution in [0.2, 0.25) is 5.02 Å². The van der Waals surface area contributed by atoms with Crippen molar-refractivity contribution in [1.29, 1.82) is 0 Å². The fourth-order valence-corrected chi connectivity index (χ4v) is 7.30. The molecule has 4 heterocycles. The van der Waals surface area contributed by atoms with E-state index in [0.717, 1.165) is 12.8 Å². The molecule has 45 heavy (non-hydrogen) atoms. The molecular formula is C30H30ClF2N7O4S. The molecule has 11 nitrogen and oxygen atoms in total. The van der Waals surface area contributed by atoms with Crippen LogP contribution in [0.15, 0.2) is 61.1 Å². The number of carboxylic acid groups (broad SMARTS) is 1. The maximum atomic E-state index is 16.1. The van der Waals surface area contributed by atoms with Gasteiger partial charge in [-0.15, -0.1) is 0 Å². The zero-order chi connectivity index (χ0) is 31.9. The van der Waals surface area contributed by atoms with Crippen LogP contribution in [0.4, 0.5) is 25.0 Å². The molecule has 2 aliphatic heterocycles.